The fourth-order valence-electron chi connectivity index (χ4n) is 16.2. The molecule has 4 saturated heterocycles. The number of Topliss-reactive ketones (excluding diaryl/α,β-unsaturated/α-hetero) is 4. The molecule has 25 heteroatoms. The van der Waals surface area contributed by atoms with Gasteiger partial charge in [0.15, 0.2) is 23.1 Å². The summed E-state index contributed by atoms with van der Waals surface area (Å²) in [6, 6.07) is 51.5. The minimum absolute atomic E-state index is 0.0431. The van der Waals surface area contributed by atoms with Gasteiger partial charge in [-0.25, -0.2) is 4.79 Å². The Morgan fingerprint density at radius 1 is 0.430 bits per heavy atom. The van der Waals surface area contributed by atoms with E-state index < -0.39 is 82.1 Å². The topological polar surface area (TPSA) is 347 Å². The van der Waals surface area contributed by atoms with Crippen molar-refractivity contribution in [2.75, 3.05) is 49.2 Å². The van der Waals surface area contributed by atoms with Gasteiger partial charge in [-0.3, -0.25) is 53.3 Å². The molecule has 7 aromatic rings. The molecule has 0 spiro atoms. The number of nitrogens with two attached hydrogens (primary N) is 1. The van der Waals surface area contributed by atoms with Gasteiger partial charge in [-0.2, -0.15) is 0 Å². The number of esters is 1. The number of non-ortho nitro benzene ring substituents is 1. The first kappa shape index (κ1) is 100. The van der Waals surface area contributed by atoms with E-state index in [4.69, 9.17) is 29.4 Å². The van der Waals surface area contributed by atoms with E-state index in [0.717, 1.165) is 83.8 Å². The van der Waals surface area contributed by atoms with Crippen LogP contribution in [0.25, 0.3) is 0 Å². The summed E-state index contributed by atoms with van der Waals surface area (Å²) >= 11 is 0. The van der Waals surface area contributed by atoms with Gasteiger partial charge < -0.3 is 60.5 Å². The highest BCUT2D eigenvalue weighted by atomic mass is 16.7. The minimum atomic E-state index is -0.913. The Labute approximate surface area is 755 Å². The van der Waals surface area contributed by atoms with E-state index in [1.807, 2.05) is 221 Å². The summed E-state index contributed by atoms with van der Waals surface area (Å²) in [5.41, 5.74) is 12.2. The van der Waals surface area contributed by atoms with Crippen LogP contribution in [0.4, 0.5) is 21.9 Å². The standard InChI is InChI=1S/C49H65N3O7.C35H49N3O5.C19H20N2O5/c1-33(2)26-41(43(53)30-39(29-37-18-12-8-13-19-37)48(57)51-42(27-34(3)4)46(55)49(6)32-58-49)50-47(56)38(21-20-36-16-10-7-11-17-36)31-45(54)59-44-23-22-40(28-35(44)5)52-24-14-9-15-25-52;1-23(2)18-29(37-34(42)28(36)17-16-25-12-8-6-9-13-25)31(39)21-27(20-26-14-10-7-11-15-26)33(41)38-30(19-24(3)4)32(40)35(5)22-43-35;1-14-13-16(20-11-3-2-4-12-20)7-10-18(14)26-19(22)25-17-8-5-15(6-9-17)21(23)24/h7-8,10-13,16-19,22-23,28,33-34,38-39,41-42H,9,14-15,20-21,24-27,29-32H2,1-6H3,(H,50,56)(H,51,57);6-15,23-24,27-30H,16-22,36H2,1-5H3,(H,37,42)(H,38,41);5-10,13H,2-4,11-12H2,1H3/t38-,39-,41+,42+,49-;27-,28+,29+,30+,35-;/m11./s1. The van der Waals surface area contributed by atoms with Crippen molar-refractivity contribution in [3.63, 3.8) is 0 Å². The molecule has 128 heavy (non-hydrogen) atoms. The van der Waals surface area contributed by atoms with Crippen molar-refractivity contribution >= 4 is 75.9 Å². The number of hydrogen-bond acceptors (Lipinski definition) is 20. The highest BCUT2D eigenvalue weighted by Gasteiger charge is 2.52. The molecule has 0 saturated carbocycles. The normalized spacial score (nSPS) is 17.7. The summed E-state index contributed by atoms with van der Waals surface area (Å²) in [6.07, 6.45) is 10.3. The fourth-order valence-corrected chi connectivity index (χ4v) is 16.2. The van der Waals surface area contributed by atoms with Crippen LogP contribution in [0.1, 0.15) is 199 Å². The molecule has 0 radical (unpaired) electrons. The summed E-state index contributed by atoms with van der Waals surface area (Å²) in [7, 11) is 0. The van der Waals surface area contributed by atoms with Crippen molar-refractivity contribution in [2.45, 2.75) is 246 Å². The van der Waals surface area contributed by atoms with Crippen LogP contribution in [0.15, 0.2) is 182 Å². The Kier molecular flexibility index (Phi) is 38.7. The maximum absolute atomic E-state index is 14.4. The summed E-state index contributed by atoms with van der Waals surface area (Å²) < 4.78 is 27.0. The van der Waals surface area contributed by atoms with Crippen molar-refractivity contribution in [1.29, 1.82) is 0 Å². The van der Waals surface area contributed by atoms with E-state index in [1.165, 1.54) is 49.9 Å². The van der Waals surface area contributed by atoms with Crippen LogP contribution < -0.4 is 51.0 Å². The van der Waals surface area contributed by atoms with Crippen molar-refractivity contribution in [1.82, 2.24) is 21.3 Å². The Morgan fingerprint density at radius 3 is 1.16 bits per heavy atom. The van der Waals surface area contributed by atoms with Gasteiger partial charge in [-0.1, -0.05) is 177 Å². The Bertz CT molecular complexity index is 4800. The number of hydrogen-bond donors (Lipinski definition) is 5. The average Bonchev–Trinajstić information content (AvgIpc) is 1.65. The number of benzene rings is 7. The predicted octanol–water partition coefficient (Wildman–Crippen LogP) is 16.4. The lowest BCUT2D eigenvalue weighted by Crippen LogP contribution is -2.51. The summed E-state index contributed by atoms with van der Waals surface area (Å²) in [6.45, 7) is 27.9. The number of nitro benzene ring substituents is 1. The SMILES string of the molecule is CC(C)C[C@H](NC(=O)[C@@H](N)CCc1ccccc1)C(=O)C[C@@H](Cc1ccccc1)C(=O)N[C@@H](CC(C)C)C(=O)[C@@]1(C)CO1.Cc1cc(N2CCCCC2)ccc1OC(=O)C[C@@H](CCc1ccccc1)C(=O)N[C@@H](CC(C)C)C(=O)C[C@@H](Cc1ccccc1)C(=O)N[C@@H](CC(C)C)C(=O)[C@@]1(C)CO1.Cc1cc(N2CCCCC2)ccc1OC(=O)Oc1ccc([N+](=O)[O-])cc1. The van der Waals surface area contributed by atoms with Crippen LogP contribution in [-0.2, 0) is 78.3 Å². The van der Waals surface area contributed by atoms with Crippen molar-refractivity contribution < 1.29 is 76.6 Å². The third-order valence-electron chi connectivity index (χ3n) is 23.7. The molecule has 4 aliphatic heterocycles. The number of ketones is 4. The quantitative estimate of drug-likeness (QED) is 0.00591. The lowest BCUT2D eigenvalue weighted by molar-refractivity contribution is -0.384. The van der Waals surface area contributed by atoms with E-state index in [0.29, 0.717) is 82.5 Å². The largest absolute Gasteiger partial charge is 0.519 e. The van der Waals surface area contributed by atoms with Crippen molar-refractivity contribution in [3.8, 4) is 17.2 Å². The molecule has 4 amide bonds. The van der Waals surface area contributed by atoms with Crippen LogP contribution in [0.2, 0.25) is 0 Å². The zero-order valence-corrected chi connectivity index (χ0v) is 76.8. The van der Waals surface area contributed by atoms with Gasteiger partial charge >= 0.3 is 12.1 Å². The van der Waals surface area contributed by atoms with E-state index in [1.54, 1.807) is 19.9 Å². The van der Waals surface area contributed by atoms with Crippen LogP contribution in [-0.4, -0.2) is 145 Å². The van der Waals surface area contributed by atoms with E-state index in [9.17, 15) is 58.1 Å². The van der Waals surface area contributed by atoms with Gasteiger partial charge in [-0.15, -0.1) is 0 Å². The highest BCUT2D eigenvalue weighted by Crippen LogP contribution is 2.35. The number of nitro groups is 1. The first-order valence-corrected chi connectivity index (χ1v) is 45.7. The molecule has 6 N–H and O–H groups in total. The average molecular weight is 1760 g/mol. The predicted molar refractivity (Wildman–Crippen MR) is 496 cm³/mol. The smallest absolute Gasteiger partial charge is 0.426 e. The molecule has 0 unspecified atom stereocenters. The molecule has 0 aliphatic carbocycles. The first-order chi connectivity index (χ1) is 61.1. The molecule has 4 aliphatic rings. The second-order valence-corrected chi connectivity index (χ2v) is 36.9. The molecule has 25 nitrogen and oxygen atoms in total. The fraction of sp³-hybridized carbons (Fsp3) is 0.495. The lowest BCUT2D eigenvalue weighted by atomic mass is 9.87. The zero-order valence-electron chi connectivity index (χ0n) is 76.8. The minimum Gasteiger partial charge on any atom is -0.426 e. The molecule has 11 rings (SSSR count). The second-order valence-electron chi connectivity index (χ2n) is 36.9. The molecular weight excluding hydrogens is 1620 g/mol. The van der Waals surface area contributed by atoms with Gasteiger partial charge in [0.05, 0.1) is 54.8 Å². The number of rotatable bonds is 44. The number of carbonyl (C=O) groups is 10. The van der Waals surface area contributed by atoms with Crippen LogP contribution >= 0.6 is 0 Å². The molecule has 4 fully saturated rings. The number of carbonyl (C=O) groups excluding carboxylic acids is 10. The number of nitrogens with one attached hydrogen (secondary N) is 4. The number of ether oxygens (including phenoxy) is 5. The lowest BCUT2D eigenvalue weighted by Gasteiger charge is -2.29. The summed E-state index contributed by atoms with van der Waals surface area (Å²) in [5, 5.41) is 22.5. The van der Waals surface area contributed by atoms with Crippen molar-refractivity contribution in [3.05, 3.63) is 225 Å². The Balaban J connectivity index is 0.000000234. The van der Waals surface area contributed by atoms with Gasteiger partial charge in [-0.05, 0) is 236 Å². The summed E-state index contributed by atoms with van der Waals surface area (Å²) in [4.78, 5) is 150. The van der Waals surface area contributed by atoms with E-state index in [-0.39, 0.29) is 102 Å². The number of piperidine rings is 2. The second kappa shape index (κ2) is 49.3. The van der Waals surface area contributed by atoms with Gasteiger partial charge in [0, 0.05) is 80.3 Å². The Morgan fingerprint density at radius 2 is 0.781 bits per heavy atom. The Hall–Kier alpha value is -11.3. The van der Waals surface area contributed by atoms with Crippen molar-refractivity contribution in [2.24, 2.45) is 47.2 Å². The molecular formula is C103H134N8O17. The number of nitrogens with zero attached hydrogens (tertiary/aromatic N) is 3. The summed E-state index contributed by atoms with van der Waals surface area (Å²) in [5.74, 6) is -3.58. The third kappa shape index (κ3) is 32.8. The van der Waals surface area contributed by atoms with Gasteiger partial charge in [0.1, 0.15) is 28.5 Å². The highest BCUT2D eigenvalue weighted by molar-refractivity contribution is 6.00. The van der Waals surface area contributed by atoms with Crippen LogP contribution in [0, 0.1) is 65.4 Å². The van der Waals surface area contributed by atoms with E-state index >= 15 is 0 Å². The molecule has 0 aromatic heterocycles. The number of anilines is 2. The molecule has 0 bridgehead atoms. The number of amides is 4. The maximum Gasteiger partial charge on any atom is 0.519 e. The molecule has 688 valence electrons. The van der Waals surface area contributed by atoms with Crippen LogP contribution in [0.3, 0.4) is 0 Å². The van der Waals surface area contributed by atoms with E-state index in [2.05, 4.69) is 31.1 Å². The van der Waals surface area contributed by atoms with Gasteiger partial charge in [0.25, 0.3) is 5.69 Å². The molecule has 7 aromatic carbocycles. The first-order valence-electron chi connectivity index (χ1n) is 45.7. The molecule has 4 heterocycles. The zero-order chi connectivity index (χ0) is 92.6. The number of epoxide rings is 2. The van der Waals surface area contributed by atoms with Gasteiger partial charge in [0.2, 0.25) is 23.6 Å². The third-order valence-corrected chi connectivity index (χ3v) is 23.7. The molecule has 10 atom stereocenters. The monoisotopic (exact) mass is 1750 g/mol. The maximum atomic E-state index is 14.4. The van der Waals surface area contributed by atoms with Crippen LogP contribution in [0.5, 0.6) is 17.2 Å². The number of aryl methyl sites for hydroxylation is 4.